The lowest BCUT2D eigenvalue weighted by atomic mass is 9.96. The highest BCUT2D eigenvalue weighted by atomic mass is 19.1. The van der Waals surface area contributed by atoms with Crippen LogP contribution in [0.2, 0.25) is 0 Å². The molecule has 0 aliphatic carbocycles. The van der Waals surface area contributed by atoms with Crippen LogP contribution in [0.25, 0.3) is 22.3 Å². The van der Waals surface area contributed by atoms with Gasteiger partial charge in [-0.2, -0.15) is 0 Å². The Balaban J connectivity index is 1.80. The van der Waals surface area contributed by atoms with Crippen LogP contribution in [-0.2, 0) is 6.42 Å². The molecule has 3 aromatic rings. The standard InChI is InChI=1S/C26H27FO2/c1-3-5-6-7-18-8-10-19(11-9-18)20-12-14-21(15-13-20)22-16-17-23(24(28)4-2)26(29)25(22)27/h8-17,29H,3-7H2,1-2H3. The van der Waals surface area contributed by atoms with Crippen molar-refractivity contribution in [1.29, 1.82) is 0 Å². The van der Waals surface area contributed by atoms with Crippen molar-refractivity contribution in [3.8, 4) is 28.0 Å². The van der Waals surface area contributed by atoms with Crippen LogP contribution in [0.1, 0.15) is 55.5 Å². The third kappa shape index (κ3) is 4.73. The number of ketones is 1. The second kappa shape index (κ2) is 9.51. The number of rotatable bonds is 8. The summed E-state index contributed by atoms with van der Waals surface area (Å²) in [5.41, 5.74) is 4.49. The van der Waals surface area contributed by atoms with Gasteiger partial charge in [-0.15, -0.1) is 0 Å². The van der Waals surface area contributed by atoms with Gasteiger partial charge in [0.15, 0.2) is 17.3 Å². The average molecular weight is 390 g/mol. The molecule has 2 nitrogen and oxygen atoms in total. The van der Waals surface area contributed by atoms with Gasteiger partial charge < -0.3 is 5.11 Å². The van der Waals surface area contributed by atoms with E-state index >= 15 is 0 Å². The van der Waals surface area contributed by atoms with E-state index in [0.717, 1.165) is 17.5 Å². The summed E-state index contributed by atoms with van der Waals surface area (Å²) in [5, 5.41) is 10.1. The summed E-state index contributed by atoms with van der Waals surface area (Å²) in [5.74, 6) is -1.60. The van der Waals surface area contributed by atoms with Crippen LogP contribution in [-0.4, -0.2) is 10.9 Å². The number of halogens is 1. The van der Waals surface area contributed by atoms with E-state index in [1.54, 1.807) is 13.0 Å². The zero-order valence-corrected chi connectivity index (χ0v) is 17.0. The minimum Gasteiger partial charge on any atom is -0.504 e. The van der Waals surface area contributed by atoms with Gasteiger partial charge in [-0.05, 0) is 41.2 Å². The van der Waals surface area contributed by atoms with E-state index in [-0.39, 0.29) is 23.3 Å². The van der Waals surface area contributed by atoms with E-state index in [0.29, 0.717) is 5.56 Å². The van der Waals surface area contributed by atoms with E-state index in [1.807, 2.05) is 24.3 Å². The molecule has 0 fully saturated rings. The van der Waals surface area contributed by atoms with E-state index in [4.69, 9.17) is 0 Å². The van der Waals surface area contributed by atoms with Crippen LogP contribution in [0.5, 0.6) is 5.75 Å². The first-order chi connectivity index (χ1) is 14.0. The van der Waals surface area contributed by atoms with Gasteiger partial charge in [-0.25, -0.2) is 4.39 Å². The Labute approximate surface area is 172 Å². The number of carbonyl (C=O) groups is 1. The first-order valence-electron chi connectivity index (χ1n) is 10.3. The summed E-state index contributed by atoms with van der Waals surface area (Å²) in [7, 11) is 0. The molecule has 0 spiro atoms. The summed E-state index contributed by atoms with van der Waals surface area (Å²) in [6, 6.07) is 19.2. The molecule has 0 saturated carbocycles. The number of phenolic OH excluding ortho intramolecular Hbond substituents is 1. The highest BCUT2D eigenvalue weighted by molar-refractivity contribution is 5.99. The molecule has 0 unspecified atom stereocenters. The molecule has 0 bridgehead atoms. The first-order valence-corrected chi connectivity index (χ1v) is 10.3. The maximum Gasteiger partial charge on any atom is 0.173 e. The van der Waals surface area contributed by atoms with Crippen LogP contribution in [0.15, 0.2) is 60.7 Å². The van der Waals surface area contributed by atoms with Crippen molar-refractivity contribution < 1.29 is 14.3 Å². The van der Waals surface area contributed by atoms with Crippen molar-refractivity contribution in [2.75, 3.05) is 0 Å². The molecule has 3 aromatic carbocycles. The van der Waals surface area contributed by atoms with Gasteiger partial charge in [0.25, 0.3) is 0 Å². The molecule has 0 amide bonds. The van der Waals surface area contributed by atoms with Gasteiger partial charge in [0, 0.05) is 12.0 Å². The summed E-state index contributed by atoms with van der Waals surface area (Å²) < 4.78 is 14.6. The SMILES string of the molecule is CCCCCc1ccc(-c2ccc(-c3ccc(C(=O)CC)c(O)c3F)cc2)cc1. The van der Waals surface area contributed by atoms with Crippen LogP contribution in [0, 0.1) is 5.82 Å². The highest BCUT2D eigenvalue weighted by Crippen LogP contribution is 2.33. The van der Waals surface area contributed by atoms with Crippen LogP contribution >= 0.6 is 0 Å². The smallest absolute Gasteiger partial charge is 0.173 e. The molecule has 0 aliphatic rings. The number of hydrogen-bond acceptors (Lipinski definition) is 2. The average Bonchev–Trinajstić information content (AvgIpc) is 2.76. The molecule has 3 heteroatoms. The molecule has 150 valence electrons. The molecular formula is C26H27FO2. The summed E-state index contributed by atoms with van der Waals surface area (Å²) in [6.07, 6.45) is 5.01. The molecule has 29 heavy (non-hydrogen) atoms. The molecule has 0 radical (unpaired) electrons. The summed E-state index contributed by atoms with van der Waals surface area (Å²) in [4.78, 5) is 11.8. The normalized spacial score (nSPS) is 10.9. The maximum atomic E-state index is 14.6. The molecule has 0 heterocycles. The zero-order chi connectivity index (χ0) is 20.8. The monoisotopic (exact) mass is 390 g/mol. The van der Waals surface area contributed by atoms with Crippen molar-refractivity contribution in [2.45, 2.75) is 46.0 Å². The van der Waals surface area contributed by atoms with E-state index < -0.39 is 11.6 Å². The fourth-order valence-corrected chi connectivity index (χ4v) is 3.49. The van der Waals surface area contributed by atoms with E-state index in [9.17, 15) is 14.3 Å². The van der Waals surface area contributed by atoms with Crippen molar-refractivity contribution in [3.05, 3.63) is 77.6 Å². The first kappa shape index (κ1) is 20.8. The number of aromatic hydroxyl groups is 1. The van der Waals surface area contributed by atoms with Gasteiger partial charge in [0.1, 0.15) is 0 Å². The van der Waals surface area contributed by atoms with Crippen LogP contribution < -0.4 is 0 Å². The predicted molar refractivity (Wildman–Crippen MR) is 117 cm³/mol. The Bertz CT molecular complexity index is 973. The summed E-state index contributed by atoms with van der Waals surface area (Å²) in [6.45, 7) is 3.89. The van der Waals surface area contributed by atoms with Gasteiger partial charge in [0.2, 0.25) is 0 Å². The summed E-state index contributed by atoms with van der Waals surface area (Å²) >= 11 is 0. The number of Topliss-reactive ketones (excluding diaryl/α,β-unsaturated/α-hetero) is 1. The Kier molecular flexibility index (Phi) is 6.82. The largest absolute Gasteiger partial charge is 0.504 e. The molecular weight excluding hydrogens is 363 g/mol. The Morgan fingerprint density at radius 3 is 2.00 bits per heavy atom. The fourth-order valence-electron chi connectivity index (χ4n) is 3.49. The Morgan fingerprint density at radius 1 is 0.828 bits per heavy atom. The fraction of sp³-hybridized carbons (Fsp3) is 0.269. The topological polar surface area (TPSA) is 37.3 Å². The molecule has 1 N–H and O–H groups in total. The van der Waals surface area contributed by atoms with Crippen LogP contribution in [0.4, 0.5) is 4.39 Å². The van der Waals surface area contributed by atoms with Crippen molar-refractivity contribution in [1.82, 2.24) is 0 Å². The van der Waals surface area contributed by atoms with Gasteiger partial charge in [0.05, 0.1) is 5.56 Å². The van der Waals surface area contributed by atoms with Crippen molar-refractivity contribution in [2.24, 2.45) is 0 Å². The molecule has 0 aliphatic heterocycles. The van der Waals surface area contributed by atoms with Crippen molar-refractivity contribution in [3.63, 3.8) is 0 Å². The van der Waals surface area contributed by atoms with Crippen molar-refractivity contribution >= 4 is 5.78 Å². The number of phenols is 1. The van der Waals surface area contributed by atoms with Crippen LogP contribution in [0.3, 0.4) is 0 Å². The zero-order valence-electron chi connectivity index (χ0n) is 17.0. The number of aryl methyl sites for hydroxylation is 1. The quantitative estimate of drug-likeness (QED) is 0.326. The van der Waals surface area contributed by atoms with Gasteiger partial charge in [-0.3, -0.25) is 4.79 Å². The van der Waals surface area contributed by atoms with Gasteiger partial charge >= 0.3 is 0 Å². The molecule has 0 saturated heterocycles. The molecule has 0 aromatic heterocycles. The lowest BCUT2D eigenvalue weighted by Gasteiger charge is -2.10. The third-order valence-corrected chi connectivity index (χ3v) is 5.29. The highest BCUT2D eigenvalue weighted by Gasteiger charge is 2.17. The van der Waals surface area contributed by atoms with Gasteiger partial charge in [-0.1, -0.05) is 81.3 Å². The van der Waals surface area contributed by atoms with E-state index in [2.05, 4.69) is 31.2 Å². The number of carbonyl (C=O) groups excluding carboxylic acids is 1. The molecule has 3 rings (SSSR count). The molecule has 0 atom stereocenters. The Morgan fingerprint density at radius 2 is 1.41 bits per heavy atom. The second-order valence-electron chi connectivity index (χ2n) is 7.33. The number of benzene rings is 3. The number of hydrogen-bond donors (Lipinski definition) is 1. The minimum atomic E-state index is -0.756. The third-order valence-electron chi connectivity index (χ3n) is 5.29. The second-order valence-corrected chi connectivity index (χ2v) is 7.33. The maximum absolute atomic E-state index is 14.6. The minimum absolute atomic E-state index is 0.0318. The lowest BCUT2D eigenvalue weighted by Crippen LogP contribution is -1.99. The number of unbranched alkanes of at least 4 members (excludes halogenated alkanes) is 2. The van der Waals surface area contributed by atoms with E-state index in [1.165, 1.54) is 30.9 Å². The predicted octanol–water partition coefficient (Wildman–Crippen LogP) is 7.19. The Hall–Kier alpha value is -2.94. The lowest BCUT2D eigenvalue weighted by molar-refractivity contribution is 0.0985.